The van der Waals surface area contributed by atoms with Crippen LogP contribution >= 0.6 is 31.9 Å². The van der Waals surface area contributed by atoms with Crippen molar-refractivity contribution in [1.29, 1.82) is 0 Å². The second kappa shape index (κ2) is 6.32. The fourth-order valence-corrected chi connectivity index (χ4v) is 2.30. The molecular formula is C13H11Br2NO4. The van der Waals surface area contributed by atoms with E-state index in [-0.39, 0.29) is 5.56 Å². The van der Waals surface area contributed by atoms with Crippen LogP contribution in [0.3, 0.4) is 0 Å². The zero-order valence-electron chi connectivity index (χ0n) is 10.4. The zero-order chi connectivity index (χ0) is 14.7. The predicted octanol–water partition coefficient (Wildman–Crippen LogP) is 4.12. The largest absolute Gasteiger partial charge is 0.495 e. The van der Waals surface area contributed by atoms with Gasteiger partial charge in [0.25, 0.3) is 0 Å². The number of benzene rings is 1. The molecule has 2 rings (SSSR count). The lowest BCUT2D eigenvalue weighted by Gasteiger charge is -2.10. The Morgan fingerprint density at radius 1 is 1.40 bits per heavy atom. The van der Waals surface area contributed by atoms with Crippen molar-refractivity contribution in [2.45, 2.75) is 6.54 Å². The number of methoxy groups -OCH3 is 1. The fourth-order valence-electron chi connectivity index (χ4n) is 1.64. The Morgan fingerprint density at radius 2 is 2.15 bits per heavy atom. The topological polar surface area (TPSA) is 71.7 Å². The molecule has 0 unspecified atom stereocenters. The highest BCUT2D eigenvalue weighted by atomic mass is 79.9. The van der Waals surface area contributed by atoms with Gasteiger partial charge in [-0.2, -0.15) is 0 Å². The number of carboxylic acids is 1. The maximum Gasteiger partial charge on any atom is 0.335 e. The van der Waals surface area contributed by atoms with Crippen molar-refractivity contribution in [3.63, 3.8) is 0 Å². The van der Waals surface area contributed by atoms with Crippen LogP contribution in [-0.4, -0.2) is 18.2 Å². The lowest BCUT2D eigenvalue weighted by atomic mass is 10.2. The Hall–Kier alpha value is -1.47. The van der Waals surface area contributed by atoms with Crippen LogP contribution in [0.2, 0.25) is 0 Å². The van der Waals surface area contributed by atoms with E-state index in [4.69, 9.17) is 14.3 Å². The molecular weight excluding hydrogens is 394 g/mol. The Balaban J connectivity index is 2.18. The van der Waals surface area contributed by atoms with Crippen molar-refractivity contribution < 1.29 is 19.1 Å². The molecule has 0 saturated heterocycles. The first kappa shape index (κ1) is 14.9. The summed E-state index contributed by atoms with van der Waals surface area (Å²) in [4.78, 5) is 11.0. The van der Waals surface area contributed by atoms with Gasteiger partial charge in [-0.15, -0.1) is 0 Å². The smallest absolute Gasteiger partial charge is 0.335 e. The molecule has 1 heterocycles. The minimum atomic E-state index is -0.987. The SMILES string of the molecule is COc1ccc(C(=O)O)cc1NCc1cc(Br)c(Br)o1. The second-order valence-electron chi connectivity index (χ2n) is 3.91. The molecule has 0 aliphatic carbocycles. The summed E-state index contributed by atoms with van der Waals surface area (Å²) in [5.41, 5.74) is 0.783. The van der Waals surface area contributed by atoms with Crippen LogP contribution in [0.15, 0.2) is 37.8 Å². The van der Waals surface area contributed by atoms with Crippen molar-refractivity contribution >= 4 is 43.5 Å². The summed E-state index contributed by atoms with van der Waals surface area (Å²) in [6.07, 6.45) is 0. The van der Waals surface area contributed by atoms with Gasteiger partial charge in [-0.25, -0.2) is 4.79 Å². The number of rotatable bonds is 5. The minimum Gasteiger partial charge on any atom is -0.495 e. The molecule has 106 valence electrons. The van der Waals surface area contributed by atoms with Crippen molar-refractivity contribution in [3.05, 3.63) is 44.7 Å². The van der Waals surface area contributed by atoms with Gasteiger partial charge in [0.05, 0.1) is 29.4 Å². The number of carboxylic acid groups (broad SMARTS) is 1. The third-order valence-corrected chi connectivity index (χ3v) is 4.31. The van der Waals surface area contributed by atoms with Crippen LogP contribution in [0.4, 0.5) is 5.69 Å². The third kappa shape index (κ3) is 3.34. The number of hydrogen-bond acceptors (Lipinski definition) is 4. The molecule has 0 radical (unpaired) electrons. The summed E-state index contributed by atoms with van der Waals surface area (Å²) in [7, 11) is 1.53. The lowest BCUT2D eigenvalue weighted by Crippen LogP contribution is -2.03. The summed E-state index contributed by atoms with van der Waals surface area (Å²) in [5.74, 6) is 0.283. The first-order valence-electron chi connectivity index (χ1n) is 5.60. The molecule has 5 nitrogen and oxygen atoms in total. The summed E-state index contributed by atoms with van der Waals surface area (Å²) in [6, 6.07) is 6.45. The minimum absolute atomic E-state index is 0.190. The molecule has 0 saturated carbocycles. The normalized spacial score (nSPS) is 10.3. The van der Waals surface area contributed by atoms with E-state index in [1.54, 1.807) is 6.07 Å². The summed E-state index contributed by atoms with van der Waals surface area (Å²) >= 11 is 6.59. The van der Waals surface area contributed by atoms with Gasteiger partial charge in [0.2, 0.25) is 0 Å². The molecule has 7 heteroatoms. The molecule has 2 aromatic rings. The summed E-state index contributed by atoms with van der Waals surface area (Å²) in [5, 5.41) is 12.1. The highest BCUT2D eigenvalue weighted by Crippen LogP contribution is 2.29. The van der Waals surface area contributed by atoms with E-state index < -0.39 is 5.97 Å². The first-order chi connectivity index (χ1) is 9.51. The number of hydrogen-bond donors (Lipinski definition) is 2. The number of carbonyl (C=O) groups is 1. The molecule has 1 aromatic heterocycles. The molecule has 0 aliphatic heterocycles. The van der Waals surface area contributed by atoms with Gasteiger partial charge in [0.1, 0.15) is 11.5 Å². The van der Waals surface area contributed by atoms with E-state index >= 15 is 0 Å². The Morgan fingerprint density at radius 3 is 2.70 bits per heavy atom. The van der Waals surface area contributed by atoms with Crippen LogP contribution in [0.25, 0.3) is 0 Å². The molecule has 0 bridgehead atoms. The quantitative estimate of drug-likeness (QED) is 0.784. The van der Waals surface area contributed by atoms with E-state index in [1.807, 2.05) is 6.07 Å². The van der Waals surface area contributed by atoms with Crippen LogP contribution in [-0.2, 0) is 6.54 Å². The van der Waals surface area contributed by atoms with Gasteiger partial charge >= 0.3 is 5.97 Å². The van der Waals surface area contributed by atoms with Gasteiger partial charge in [0.15, 0.2) is 4.67 Å². The van der Waals surface area contributed by atoms with E-state index in [2.05, 4.69) is 37.2 Å². The Kier molecular flexibility index (Phi) is 4.72. The zero-order valence-corrected chi connectivity index (χ0v) is 13.6. The van der Waals surface area contributed by atoms with Crippen molar-refractivity contribution in [2.24, 2.45) is 0 Å². The molecule has 0 atom stereocenters. The van der Waals surface area contributed by atoms with E-state index in [9.17, 15) is 4.79 Å². The number of halogens is 2. The van der Waals surface area contributed by atoms with Crippen LogP contribution in [0, 0.1) is 0 Å². The average Bonchev–Trinajstić information content (AvgIpc) is 2.75. The van der Waals surface area contributed by atoms with Crippen molar-refractivity contribution in [1.82, 2.24) is 0 Å². The Bertz CT molecular complexity index is 620. The van der Waals surface area contributed by atoms with Gasteiger partial charge < -0.3 is 19.6 Å². The summed E-state index contributed by atoms with van der Waals surface area (Å²) in [6.45, 7) is 0.406. The fraction of sp³-hybridized carbons (Fsp3) is 0.154. The van der Waals surface area contributed by atoms with E-state index in [0.29, 0.717) is 28.4 Å². The monoisotopic (exact) mass is 403 g/mol. The molecule has 2 N–H and O–H groups in total. The molecule has 0 amide bonds. The maximum absolute atomic E-state index is 11.0. The number of nitrogens with one attached hydrogen (secondary N) is 1. The first-order valence-corrected chi connectivity index (χ1v) is 7.18. The number of anilines is 1. The third-order valence-electron chi connectivity index (χ3n) is 2.60. The van der Waals surface area contributed by atoms with Crippen molar-refractivity contribution in [3.8, 4) is 5.75 Å². The van der Waals surface area contributed by atoms with Crippen molar-refractivity contribution in [2.75, 3.05) is 12.4 Å². The number of furan rings is 1. The van der Waals surface area contributed by atoms with Gasteiger partial charge in [-0.05, 0) is 56.1 Å². The summed E-state index contributed by atoms with van der Waals surface area (Å²) < 4.78 is 12.1. The van der Waals surface area contributed by atoms with Gasteiger partial charge in [0, 0.05) is 0 Å². The molecule has 0 aliphatic rings. The van der Waals surface area contributed by atoms with Crippen LogP contribution < -0.4 is 10.1 Å². The predicted molar refractivity (Wildman–Crippen MR) is 81.4 cm³/mol. The molecule has 20 heavy (non-hydrogen) atoms. The van der Waals surface area contributed by atoms with E-state index in [0.717, 1.165) is 4.47 Å². The van der Waals surface area contributed by atoms with Gasteiger partial charge in [-0.3, -0.25) is 0 Å². The van der Waals surface area contributed by atoms with E-state index in [1.165, 1.54) is 19.2 Å². The lowest BCUT2D eigenvalue weighted by molar-refractivity contribution is 0.0697. The van der Waals surface area contributed by atoms with Crippen LogP contribution in [0.1, 0.15) is 16.1 Å². The molecule has 0 fully saturated rings. The van der Waals surface area contributed by atoms with Gasteiger partial charge in [-0.1, -0.05) is 0 Å². The molecule has 1 aromatic carbocycles. The maximum atomic E-state index is 11.0. The second-order valence-corrected chi connectivity index (χ2v) is 5.48. The number of aromatic carboxylic acids is 1. The highest BCUT2D eigenvalue weighted by molar-refractivity contribution is 9.13. The average molecular weight is 405 g/mol. The highest BCUT2D eigenvalue weighted by Gasteiger charge is 2.10. The molecule has 0 spiro atoms. The standard InChI is InChI=1S/C13H11Br2NO4/c1-19-11-3-2-7(13(17)18)4-10(11)16-6-8-5-9(14)12(15)20-8/h2-5,16H,6H2,1H3,(H,17,18). The van der Waals surface area contributed by atoms with Crippen LogP contribution in [0.5, 0.6) is 5.75 Å². The number of ether oxygens (including phenoxy) is 1. The Labute approximate surface area is 132 Å².